The SMILES string of the molecule is O=C(O)CCc1ccc(Oc2ccccc2)cc1C(=O)N[C@@H]1CCc2ccccc21. The molecule has 0 bridgehead atoms. The molecule has 0 fully saturated rings. The van der Waals surface area contributed by atoms with Crippen molar-refractivity contribution in [2.24, 2.45) is 0 Å². The van der Waals surface area contributed by atoms with Gasteiger partial charge in [-0.05, 0) is 60.2 Å². The fourth-order valence-corrected chi connectivity index (χ4v) is 3.86. The number of carbonyl (C=O) groups is 2. The molecular formula is C25H23NO4. The lowest BCUT2D eigenvalue weighted by atomic mass is 10.0. The van der Waals surface area contributed by atoms with Crippen molar-refractivity contribution in [1.82, 2.24) is 5.32 Å². The summed E-state index contributed by atoms with van der Waals surface area (Å²) in [4.78, 5) is 24.2. The van der Waals surface area contributed by atoms with E-state index in [0.717, 1.165) is 18.4 Å². The molecule has 0 aromatic heterocycles. The van der Waals surface area contributed by atoms with Crippen LogP contribution in [0.2, 0.25) is 0 Å². The van der Waals surface area contributed by atoms with Crippen LogP contribution in [-0.2, 0) is 17.6 Å². The summed E-state index contributed by atoms with van der Waals surface area (Å²) in [5.74, 6) is 0.107. The van der Waals surface area contributed by atoms with Gasteiger partial charge in [-0.1, -0.05) is 48.5 Å². The first kappa shape index (κ1) is 19.7. The first-order valence-corrected chi connectivity index (χ1v) is 10.1. The highest BCUT2D eigenvalue weighted by Gasteiger charge is 2.25. The molecule has 1 atom stereocenters. The third kappa shape index (κ3) is 4.51. The summed E-state index contributed by atoms with van der Waals surface area (Å²) >= 11 is 0. The van der Waals surface area contributed by atoms with Gasteiger partial charge in [0, 0.05) is 12.0 Å². The van der Waals surface area contributed by atoms with Crippen molar-refractivity contribution < 1.29 is 19.4 Å². The van der Waals surface area contributed by atoms with Gasteiger partial charge in [0.25, 0.3) is 5.91 Å². The topological polar surface area (TPSA) is 75.6 Å². The molecule has 1 aliphatic rings. The molecule has 1 amide bonds. The number of nitrogens with one attached hydrogen (secondary N) is 1. The Labute approximate surface area is 175 Å². The summed E-state index contributed by atoms with van der Waals surface area (Å²) in [6.07, 6.45) is 2.04. The number of amides is 1. The predicted molar refractivity (Wildman–Crippen MR) is 114 cm³/mol. The Hall–Kier alpha value is -3.60. The lowest BCUT2D eigenvalue weighted by Gasteiger charge is -2.17. The third-order valence-corrected chi connectivity index (χ3v) is 5.35. The minimum absolute atomic E-state index is 0.0363. The fourth-order valence-electron chi connectivity index (χ4n) is 3.86. The number of aliphatic carboxylic acids is 1. The number of rotatable bonds is 7. The van der Waals surface area contributed by atoms with Crippen LogP contribution in [0.15, 0.2) is 72.8 Å². The number of hydrogen-bond acceptors (Lipinski definition) is 3. The van der Waals surface area contributed by atoms with Crippen molar-refractivity contribution in [3.63, 3.8) is 0 Å². The smallest absolute Gasteiger partial charge is 0.303 e. The van der Waals surface area contributed by atoms with Crippen LogP contribution in [0.4, 0.5) is 0 Å². The normalized spacial score (nSPS) is 14.7. The molecule has 0 saturated carbocycles. The van der Waals surface area contributed by atoms with E-state index in [2.05, 4.69) is 11.4 Å². The molecule has 5 heteroatoms. The predicted octanol–water partition coefficient (Wildman–Crippen LogP) is 4.91. The van der Waals surface area contributed by atoms with Crippen LogP contribution in [0.25, 0.3) is 0 Å². The largest absolute Gasteiger partial charge is 0.481 e. The van der Waals surface area contributed by atoms with E-state index < -0.39 is 5.97 Å². The summed E-state index contributed by atoms with van der Waals surface area (Å²) in [5, 5.41) is 12.2. The Morgan fingerprint density at radius 1 is 0.967 bits per heavy atom. The number of benzene rings is 3. The van der Waals surface area contributed by atoms with Crippen LogP contribution >= 0.6 is 0 Å². The zero-order valence-corrected chi connectivity index (χ0v) is 16.5. The van der Waals surface area contributed by atoms with Crippen LogP contribution in [0.5, 0.6) is 11.5 Å². The van der Waals surface area contributed by atoms with E-state index in [4.69, 9.17) is 9.84 Å². The average molecular weight is 401 g/mol. The van der Waals surface area contributed by atoms with Crippen LogP contribution in [0.1, 0.15) is 45.9 Å². The molecule has 0 aliphatic heterocycles. The molecule has 0 saturated heterocycles. The van der Waals surface area contributed by atoms with Crippen molar-refractivity contribution >= 4 is 11.9 Å². The maximum absolute atomic E-state index is 13.2. The van der Waals surface area contributed by atoms with Gasteiger partial charge in [0.2, 0.25) is 0 Å². The number of carboxylic acids is 1. The molecule has 0 radical (unpaired) electrons. The van der Waals surface area contributed by atoms with E-state index in [1.165, 1.54) is 5.56 Å². The van der Waals surface area contributed by atoms with Gasteiger partial charge in [0.1, 0.15) is 11.5 Å². The van der Waals surface area contributed by atoms with Crippen LogP contribution in [0, 0.1) is 0 Å². The van der Waals surface area contributed by atoms with Gasteiger partial charge in [-0.3, -0.25) is 9.59 Å². The number of hydrogen-bond donors (Lipinski definition) is 2. The molecule has 3 aromatic carbocycles. The first-order chi connectivity index (χ1) is 14.6. The van der Waals surface area contributed by atoms with Gasteiger partial charge in [0.05, 0.1) is 6.04 Å². The minimum atomic E-state index is -0.893. The first-order valence-electron chi connectivity index (χ1n) is 10.1. The molecule has 0 unspecified atom stereocenters. The maximum atomic E-state index is 13.2. The van der Waals surface area contributed by atoms with Crippen molar-refractivity contribution in [3.05, 3.63) is 95.1 Å². The highest BCUT2D eigenvalue weighted by molar-refractivity contribution is 5.96. The number of ether oxygens (including phenoxy) is 1. The Balaban J connectivity index is 1.59. The third-order valence-electron chi connectivity index (χ3n) is 5.35. The van der Waals surface area contributed by atoms with E-state index in [1.54, 1.807) is 18.2 Å². The standard InChI is InChI=1S/C25H23NO4/c27-24(28)15-12-18-10-13-20(30-19-7-2-1-3-8-19)16-22(18)25(29)26-23-14-11-17-6-4-5-9-21(17)23/h1-10,13,16,23H,11-12,14-15H2,(H,26,29)(H,27,28)/t23-/m1/s1. The van der Waals surface area contributed by atoms with Crippen LogP contribution < -0.4 is 10.1 Å². The van der Waals surface area contributed by atoms with E-state index in [9.17, 15) is 9.59 Å². The van der Waals surface area contributed by atoms with E-state index >= 15 is 0 Å². The average Bonchev–Trinajstić information content (AvgIpc) is 3.16. The summed E-state index contributed by atoms with van der Waals surface area (Å²) < 4.78 is 5.88. The monoisotopic (exact) mass is 401 g/mol. The Morgan fingerprint density at radius 3 is 2.53 bits per heavy atom. The molecule has 0 heterocycles. The van der Waals surface area contributed by atoms with Crippen LogP contribution in [-0.4, -0.2) is 17.0 Å². The maximum Gasteiger partial charge on any atom is 0.303 e. The molecule has 5 nitrogen and oxygen atoms in total. The Morgan fingerprint density at radius 2 is 1.73 bits per heavy atom. The molecule has 152 valence electrons. The number of para-hydroxylation sites is 1. The second kappa shape index (κ2) is 8.82. The van der Waals surface area contributed by atoms with E-state index in [0.29, 0.717) is 22.6 Å². The number of carboxylic acid groups (broad SMARTS) is 1. The Bertz CT molecular complexity index is 1060. The lowest BCUT2D eigenvalue weighted by Crippen LogP contribution is -2.28. The van der Waals surface area contributed by atoms with Crippen molar-refractivity contribution in [3.8, 4) is 11.5 Å². The number of fused-ring (bicyclic) bond motifs is 1. The summed E-state index contributed by atoms with van der Waals surface area (Å²) in [5.41, 5.74) is 3.56. The van der Waals surface area contributed by atoms with Crippen molar-refractivity contribution in [2.75, 3.05) is 0 Å². The second-order valence-corrected chi connectivity index (χ2v) is 7.39. The van der Waals surface area contributed by atoms with Gasteiger partial charge >= 0.3 is 5.97 Å². The van der Waals surface area contributed by atoms with Gasteiger partial charge in [0.15, 0.2) is 0 Å². The molecule has 2 N–H and O–H groups in total. The highest BCUT2D eigenvalue weighted by Crippen LogP contribution is 2.32. The summed E-state index contributed by atoms with van der Waals surface area (Å²) in [7, 11) is 0. The van der Waals surface area contributed by atoms with Crippen LogP contribution in [0.3, 0.4) is 0 Å². The van der Waals surface area contributed by atoms with Gasteiger partial charge in [-0.2, -0.15) is 0 Å². The summed E-state index contributed by atoms with van der Waals surface area (Å²) in [6, 6.07) is 22.7. The highest BCUT2D eigenvalue weighted by atomic mass is 16.5. The van der Waals surface area contributed by atoms with Crippen molar-refractivity contribution in [2.45, 2.75) is 31.7 Å². The molecule has 30 heavy (non-hydrogen) atoms. The van der Waals surface area contributed by atoms with E-state index in [1.807, 2.05) is 48.5 Å². The Kier molecular flexibility index (Phi) is 5.80. The van der Waals surface area contributed by atoms with Gasteiger partial charge in [-0.15, -0.1) is 0 Å². The molecular weight excluding hydrogens is 378 g/mol. The molecule has 3 aromatic rings. The van der Waals surface area contributed by atoms with Gasteiger partial charge < -0.3 is 15.2 Å². The lowest BCUT2D eigenvalue weighted by molar-refractivity contribution is -0.136. The molecule has 0 spiro atoms. The molecule has 1 aliphatic carbocycles. The van der Waals surface area contributed by atoms with Gasteiger partial charge in [-0.25, -0.2) is 0 Å². The number of carbonyl (C=O) groups excluding carboxylic acids is 1. The zero-order valence-electron chi connectivity index (χ0n) is 16.5. The fraction of sp³-hybridized carbons (Fsp3) is 0.200. The molecule has 4 rings (SSSR count). The summed E-state index contributed by atoms with van der Waals surface area (Å²) in [6.45, 7) is 0. The quantitative estimate of drug-likeness (QED) is 0.590. The zero-order chi connectivity index (χ0) is 20.9. The minimum Gasteiger partial charge on any atom is -0.481 e. The number of aryl methyl sites for hydroxylation is 2. The van der Waals surface area contributed by atoms with Crippen molar-refractivity contribution in [1.29, 1.82) is 0 Å². The second-order valence-electron chi connectivity index (χ2n) is 7.39. The van der Waals surface area contributed by atoms with E-state index in [-0.39, 0.29) is 24.8 Å².